The Morgan fingerprint density at radius 3 is 2.38 bits per heavy atom. The summed E-state index contributed by atoms with van der Waals surface area (Å²) in [4.78, 5) is 16.9. The minimum Gasteiger partial charge on any atom is -0.306 e. The number of nitrogens with one attached hydrogen (secondary N) is 2. The van der Waals surface area contributed by atoms with Gasteiger partial charge in [-0.2, -0.15) is 0 Å². The molecule has 2 aromatic rings. The van der Waals surface area contributed by atoms with Crippen LogP contribution in [0.4, 0.5) is 0 Å². The highest BCUT2D eigenvalue weighted by molar-refractivity contribution is 9.10. The van der Waals surface area contributed by atoms with Crippen LogP contribution in [0, 0.1) is 11.3 Å². The molecule has 2 N–H and O–H groups in total. The lowest BCUT2D eigenvalue weighted by Crippen LogP contribution is -2.12. The molecule has 0 spiro atoms. The van der Waals surface area contributed by atoms with Gasteiger partial charge < -0.3 is 9.97 Å². The molecule has 2 rings (SSSR count). The Labute approximate surface area is 138 Å². The van der Waals surface area contributed by atoms with E-state index in [4.69, 9.17) is 11.6 Å². The highest BCUT2D eigenvalue weighted by Crippen LogP contribution is 2.37. The first kappa shape index (κ1) is 16.6. The van der Waals surface area contributed by atoms with Crippen molar-refractivity contribution in [2.45, 2.75) is 45.9 Å². The van der Waals surface area contributed by atoms with Gasteiger partial charge in [0.15, 0.2) is 0 Å². The fourth-order valence-electron chi connectivity index (χ4n) is 2.92. The molecule has 0 saturated heterocycles. The third-order valence-corrected chi connectivity index (χ3v) is 4.64. The minimum atomic E-state index is -0.193. The summed E-state index contributed by atoms with van der Waals surface area (Å²) in [6.45, 7) is 8.99. The average molecular weight is 374 g/mol. The summed E-state index contributed by atoms with van der Waals surface area (Å²) in [5, 5.41) is -0.0699. The molecule has 1 aromatic carbocycles. The number of rotatable bonds is 4. The number of alkyl halides is 1. The van der Waals surface area contributed by atoms with Gasteiger partial charge >= 0.3 is 5.69 Å². The van der Waals surface area contributed by atoms with E-state index in [1.165, 1.54) is 0 Å². The molecule has 0 aliphatic carbocycles. The second-order valence-electron chi connectivity index (χ2n) is 7.07. The van der Waals surface area contributed by atoms with Crippen LogP contribution in [-0.2, 0) is 0 Å². The molecule has 2 atom stereocenters. The van der Waals surface area contributed by atoms with E-state index in [0.29, 0.717) is 11.3 Å². The lowest BCUT2D eigenvalue weighted by molar-refractivity contribution is 0.295. The third kappa shape index (κ3) is 4.36. The van der Waals surface area contributed by atoms with E-state index in [-0.39, 0.29) is 11.1 Å². The summed E-state index contributed by atoms with van der Waals surface area (Å²) >= 11 is 10.2. The van der Waals surface area contributed by atoms with E-state index in [1.807, 2.05) is 12.1 Å². The van der Waals surface area contributed by atoms with Crippen molar-refractivity contribution in [3.8, 4) is 0 Å². The van der Waals surface area contributed by atoms with Crippen molar-refractivity contribution >= 4 is 38.6 Å². The quantitative estimate of drug-likeness (QED) is 0.696. The number of hydrogen-bond acceptors (Lipinski definition) is 1. The number of aromatic nitrogens is 2. The molecular formula is C16H22BrClN2O. The van der Waals surface area contributed by atoms with Crippen LogP contribution in [0.5, 0.6) is 0 Å². The zero-order valence-electron chi connectivity index (χ0n) is 12.9. The van der Waals surface area contributed by atoms with Crippen molar-refractivity contribution in [1.82, 2.24) is 9.97 Å². The van der Waals surface area contributed by atoms with Crippen LogP contribution in [0.15, 0.2) is 21.4 Å². The summed E-state index contributed by atoms with van der Waals surface area (Å²) in [6, 6.07) is 3.87. The second-order valence-corrected chi connectivity index (χ2v) is 8.45. The van der Waals surface area contributed by atoms with E-state index in [0.717, 1.165) is 33.9 Å². The van der Waals surface area contributed by atoms with Crippen molar-refractivity contribution in [1.29, 1.82) is 0 Å². The van der Waals surface area contributed by atoms with Crippen LogP contribution in [0.2, 0.25) is 0 Å². The molecule has 0 bridgehead atoms. The Hall–Kier alpha value is -0.740. The lowest BCUT2D eigenvalue weighted by atomic mass is 9.83. The number of aromatic amines is 2. The zero-order chi connectivity index (χ0) is 15.8. The predicted octanol–water partition coefficient (Wildman–Crippen LogP) is 5.36. The van der Waals surface area contributed by atoms with Gasteiger partial charge in [-0.3, -0.25) is 0 Å². The number of benzene rings is 1. The van der Waals surface area contributed by atoms with E-state index in [9.17, 15) is 4.79 Å². The van der Waals surface area contributed by atoms with Crippen LogP contribution >= 0.6 is 27.5 Å². The molecule has 1 aromatic heterocycles. The van der Waals surface area contributed by atoms with Gasteiger partial charge in [0, 0.05) is 4.47 Å². The van der Waals surface area contributed by atoms with Crippen LogP contribution in [-0.4, -0.2) is 9.97 Å². The van der Waals surface area contributed by atoms with Gasteiger partial charge in [0.25, 0.3) is 0 Å². The maximum absolute atomic E-state index is 11.4. The summed E-state index contributed by atoms with van der Waals surface area (Å²) in [7, 11) is 0. The standard InChI is InChI=1S/C16H22BrClN2O/c1-9(8-16(2,3)4)5-12(18)10-6-13-14(7-11(10)17)20-15(21)19-13/h6-7,9,12H,5,8H2,1-4H3,(H2,19,20,21). The first-order valence-corrected chi connectivity index (χ1v) is 8.44. The van der Waals surface area contributed by atoms with Crippen molar-refractivity contribution in [2.75, 3.05) is 0 Å². The van der Waals surface area contributed by atoms with Crippen molar-refractivity contribution in [3.63, 3.8) is 0 Å². The second kappa shape index (κ2) is 6.17. The Morgan fingerprint density at radius 2 is 1.81 bits per heavy atom. The molecule has 5 heteroatoms. The Bertz CT molecular complexity index is 684. The third-order valence-electron chi connectivity index (χ3n) is 3.54. The number of fused-ring (bicyclic) bond motifs is 1. The molecule has 0 saturated carbocycles. The molecular weight excluding hydrogens is 352 g/mol. The van der Waals surface area contributed by atoms with E-state index < -0.39 is 0 Å². The SMILES string of the molecule is CC(CC(Cl)c1cc2[nH]c(=O)[nH]c2cc1Br)CC(C)(C)C. The molecule has 0 aliphatic rings. The fraction of sp³-hybridized carbons (Fsp3) is 0.562. The van der Waals surface area contributed by atoms with Gasteiger partial charge in [0.05, 0.1) is 16.4 Å². The highest BCUT2D eigenvalue weighted by Gasteiger charge is 2.21. The van der Waals surface area contributed by atoms with E-state index in [1.54, 1.807) is 0 Å². The van der Waals surface area contributed by atoms with Gasteiger partial charge in [-0.25, -0.2) is 4.79 Å². The van der Waals surface area contributed by atoms with Crippen molar-refractivity contribution in [2.24, 2.45) is 11.3 Å². The summed E-state index contributed by atoms with van der Waals surface area (Å²) < 4.78 is 0.938. The van der Waals surface area contributed by atoms with Crippen LogP contribution in [0.25, 0.3) is 11.0 Å². The molecule has 0 amide bonds. The average Bonchev–Trinajstić information content (AvgIpc) is 2.64. The number of halogens is 2. The summed E-state index contributed by atoms with van der Waals surface area (Å²) in [5.74, 6) is 0.542. The molecule has 3 nitrogen and oxygen atoms in total. The Balaban J connectivity index is 2.20. The first-order chi connectivity index (χ1) is 9.65. The smallest absolute Gasteiger partial charge is 0.306 e. The molecule has 1 heterocycles. The maximum Gasteiger partial charge on any atom is 0.323 e. The number of H-pyrrole nitrogens is 2. The molecule has 21 heavy (non-hydrogen) atoms. The van der Waals surface area contributed by atoms with Gasteiger partial charge in [-0.15, -0.1) is 11.6 Å². The van der Waals surface area contributed by atoms with Crippen LogP contribution in [0.3, 0.4) is 0 Å². The van der Waals surface area contributed by atoms with Gasteiger partial charge in [0.1, 0.15) is 0 Å². The van der Waals surface area contributed by atoms with E-state index >= 15 is 0 Å². The molecule has 2 unspecified atom stereocenters. The van der Waals surface area contributed by atoms with Gasteiger partial charge in [-0.1, -0.05) is 43.6 Å². The molecule has 0 fully saturated rings. The molecule has 116 valence electrons. The largest absolute Gasteiger partial charge is 0.323 e. The monoisotopic (exact) mass is 372 g/mol. The zero-order valence-corrected chi connectivity index (χ0v) is 15.2. The van der Waals surface area contributed by atoms with Gasteiger partial charge in [-0.05, 0) is 41.9 Å². The summed E-state index contributed by atoms with van der Waals surface area (Å²) in [5.41, 5.74) is 2.74. The Kier molecular flexibility index (Phi) is 4.89. The number of imidazole rings is 1. The normalized spacial score (nSPS) is 15.3. The molecule has 0 radical (unpaired) electrons. The highest BCUT2D eigenvalue weighted by atomic mass is 79.9. The minimum absolute atomic E-state index is 0.0699. The van der Waals surface area contributed by atoms with Crippen LogP contribution in [0.1, 0.15) is 51.5 Å². The predicted molar refractivity (Wildman–Crippen MR) is 93.1 cm³/mol. The topological polar surface area (TPSA) is 48.6 Å². The maximum atomic E-state index is 11.4. The Morgan fingerprint density at radius 1 is 1.24 bits per heavy atom. The fourth-order valence-corrected chi connectivity index (χ4v) is 4.16. The molecule has 0 aliphatic heterocycles. The number of hydrogen-bond donors (Lipinski definition) is 2. The summed E-state index contributed by atoms with van der Waals surface area (Å²) in [6.07, 6.45) is 2.05. The lowest BCUT2D eigenvalue weighted by Gasteiger charge is -2.25. The van der Waals surface area contributed by atoms with E-state index in [2.05, 4.69) is 53.6 Å². The van der Waals surface area contributed by atoms with Crippen LogP contribution < -0.4 is 5.69 Å². The van der Waals surface area contributed by atoms with Gasteiger partial charge in [0.2, 0.25) is 0 Å². The van der Waals surface area contributed by atoms with Crippen molar-refractivity contribution < 1.29 is 0 Å². The first-order valence-electron chi connectivity index (χ1n) is 7.21. The van der Waals surface area contributed by atoms with Crippen molar-refractivity contribution in [3.05, 3.63) is 32.7 Å².